The Kier molecular flexibility index (Phi) is 3.08. The van der Waals surface area contributed by atoms with E-state index in [0.29, 0.717) is 4.47 Å². The van der Waals surface area contributed by atoms with Crippen molar-refractivity contribution in [1.82, 2.24) is 0 Å². The summed E-state index contributed by atoms with van der Waals surface area (Å²) < 4.78 is 13.6. The van der Waals surface area contributed by atoms with Gasteiger partial charge in [-0.2, -0.15) is 0 Å². The van der Waals surface area contributed by atoms with Crippen LogP contribution in [0.1, 0.15) is 0 Å². The highest BCUT2D eigenvalue weighted by atomic mass is 79.9. The summed E-state index contributed by atoms with van der Waals surface area (Å²) in [4.78, 5) is 0. The van der Waals surface area contributed by atoms with Gasteiger partial charge in [-0.3, -0.25) is 0 Å². The van der Waals surface area contributed by atoms with Gasteiger partial charge in [0, 0.05) is 0 Å². The standard InChI is InChI=1S/C12H7BrClF/c13-10-6-9(7-11(14)12(10)15)8-4-2-1-3-5-8/h1-7H. The maximum Gasteiger partial charge on any atom is 0.155 e. The van der Waals surface area contributed by atoms with Crippen LogP contribution in [-0.2, 0) is 0 Å². The first-order chi connectivity index (χ1) is 7.18. The van der Waals surface area contributed by atoms with E-state index in [-0.39, 0.29) is 5.02 Å². The SMILES string of the molecule is Fc1c(Cl)cc(-c2ccccc2)cc1Br. The molecule has 0 N–H and O–H groups in total. The van der Waals surface area contributed by atoms with Crippen molar-refractivity contribution in [3.8, 4) is 11.1 Å². The summed E-state index contributed by atoms with van der Waals surface area (Å²) in [6.45, 7) is 0. The molecule has 0 saturated heterocycles. The van der Waals surface area contributed by atoms with Gasteiger partial charge in [0.15, 0.2) is 5.82 Å². The van der Waals surface area contributed by atoms with E-state index in [9.17, 15) is 4.39 Å². The molecule has 3 heteroatoms. The van der Waals surface area contributed by atoms with Crippen LogP contribution < -0.4 is 0 Å². The maximum absolute atomic E-state index is 13.2. The third-order valence-corrected chi connectivity index (χ3v) is 2.94. The fraction of sp³-hybridized carbons (Fsp3) is 0. The zero-order valence-corrected chi connectivity index (χ0v) is 10.0. The average molecular weight is 286 g/mol. The normalized spacial score (nSPS) is 10.3. The lowest BCUT2D eigenvalue weighted by molar-refractivity contribution is 0.622. The third-order valence-electron chi connectivity index (χ3n) is 2.09. The fourth-order valence-corrected chi connectivity index (χ4v) is 2.15. The zero-order valence-electron chi connectivity index (χ0n) is 7.68. The first kappa shape index (κ1) is 10.7. The molecule has 15 heavy (non-hydrogen) atoms. The van der Waals surface area contributed by atoms with E-state index in [1.807, 2.05) is 30.3 Å². The molecule has 0 atom stereocenters. The summed E-state index contributed by atoms with van der Waals surface area (Å²) in [5, 5.41) is 0.128. The number of benzene rings is 2. The Hall–Kier alpha value is -0.860. The smallest absolute Gasteiger partial charge is 0.155 e. The molecular weight excluding hydrogens is 278 g/mol. The summed E-state index contributed by atoms with van der Waals surface area (Å²) >= 11 is 8.90. The molecule has 0 aliphatic rings. The molecule has 0 spiro atoms. The molecule has 0 aliphatic heterocycles. The van der Waals surface area contributed by atoms with E-state index in [0.717, 1.165) is 11.1 Å². The average Bonchev–Trinajstić information content (AvgIpc) is 2.26. The van der Waals surface area contributed by atoms with Gasteiger partial charge < -0.3 is 0 Å². The lowest BCUT2D eigenvalue weighted by Gasteiger charge is -2.04. The minimum atomic E-state index is -0.420. The van der Waals surface area contributed by atoms with Crippen LogP contribution in [0.5, 0.6) is 0 Å². The Morgan fingerprint density at radius 1 is 1.00 bits per heavy atom. The van der Waals surface area contributed by atoms with E-state index >= 15 is 0 Å². The monoisotopic (exact) mass is 284 g/mol. The summed E-state index contributed by atoms with van der Waals surface area (Å²) in [6.07, 6.45) is 0. The molecule has 0 bridgehead atoms. The first-order valence-electron chi connectivity index (χ1n) is 4.38. The van der Waals surface area contributed by atoms with Gasteiger partial charge in [0.25, 0.3) is 0 Å². The van der Waals surface area contributed by atoms with Crippen molar-refractivity contribution in [2.24, 2.45) is 0 Å². The topological polar surface area (TPSA) is 0 Å². The van der Waals surface area contributed by atoms with E-state index in [4.69, 9.17) is 11.6 Å². The highest BCUT2D eigenvalue weighted by Gasteiger charge is 2.07. The van der Waals surface area contributed by atoms with Gasteiger partial charge in [-0.05, 0) is 39.2 Å². The van der Waals surface area contributed by atoms with Gasteiger partial charge in [-0.1, -0.05) is 41.9 Å². The van der Waals surface area contributed by atoms with Gasteiger partial charge in [-0.25, -0.2) is 4.39 Å². The fourth-order valence-electron chi connectivity index (χ4n) is 1.35. The van der Waals surface area contributed by atoms with Crippen molar-refractivity contribution < 1.29 is 4.39 Å². The molecule has 0 amide bonds. The van der Waals surface area contributed by atoms with Crippen molar-refractivity contribution in [1.29, 1.82) is 0 Å². The van der Waals surface area contributed by atoms with Crippen LogP contribution in [0, 0.1) is 5.82 Å². The van der Waals surface area contributed by atoms with E-state index in [2.05, 4.69) is 15.9 Å². The van der Waals surface area contributed by atoms with Crippen LogP contribution in [0.3, 0.4) is 0 Å². The predicted molar refractivity (Wildman–Crippen MR) is 64.5 cm³/mol. The number of hydrogen-bond acceptors (Lipinski definition) is 0. The lowest BCUT2D eigenvalue weighted by Crippen LogP contribution is -1.83. The molecule has 0 aromatic heterocycles. The lowest BCUT2D eigenvalue weighted by atomic mass is 10.1. The Balaban J connectivity index is 2.56. The molecule has 2 aromatic rings. The molecule has 2 aromatic carbocycles. The second-order valence-electron chi connectivity index (χ2n) is 3.12. The summed E-state index contributed by atoms with van der Waals surface area (Å²) in [7, 11) is 0. The highest BCUT2D eigenvalue weighted by molar-refractivity contribution is 9.10. The van der Waals surface area contributed by atoms with Gasteiger partial charge in [0.2, 0.25) is 0 Å². The van der Waals surface area contributed by atoms with Gasteiger partial charge in [0.05, 0.1) is 9.50 Å². The molecule has 2 rings (SSSR count). The van der Waals surface area contributed by atoms with Crippen LogP contribution in [-0.4, -0.2) is 0 Å². The Bertz CT molecular complexity index is 459. The van der Waals surface area contributed by atoms with E-state index in [1.54, 1.807) is 12.1 Å². The molecule has 0 fully saturated rings. The number of rotatable bonds is 1. The Morgan fingerprint density at radius 3 is 2.27 bits per heavy atom. The molecule has 0 aliphatic carbocycles. The Labute approximate surface area is 101 Å². The van der Waals surface area contributed by atoms with Crippen LogP contribution in [0.15, 0.2) is 46.9 Å². The van der Waals surface area contributed by atoms with Crippen LogP contribution >= 0.6 is 27.5 Å². The Morgan fingerprint density at radius 2 is 1.67 bits per heavy atom. The molecule has 0 heterocycles. The predicted octanol–water partition coefficient (Wildman–Crippen LogP) is 4.91. The molecule has 0 radical (unpaired) electrons. The van der Waals surface area contributed by atoms with Gasteiger partial charge in [0.1, 0.15) is 0 Å². The van der Waals surface area contributed by atoms with Crippen LogP contribution in [0.4, 0.5) is 4.39 Å². The number of hydrogen-bond donors (Lipinski definition) is 0. The minimum absolute atomic E-state index is 0.128. The molecular formula is C12H7BrClF. The molecule has 0 saturated carbocycles. The second kappa shape index (κ2) is 4.33. The quantitative estimate of drug-likeness (QED) is 0.653. The number of halogens is 3. The van der Waals surface area contributed by atoms with Crippen LogP contribution in [0.25, 0.3) is 11.1 Å². The summed E-state index contributed by atoms with van der Waals surface area (Å²) in [5.74, 6) is -0.420. The molecule has 0 nitrogen and oxygen atoms in total. The van der Waals surface area contributed by atoms with Crippen molar-refractivity contribution in [2.45, 2.75) is 0 Å². The third kappa shape index (κ3) is 2.21. The summed E-state index contributed by atoms with van der Waals surface area (Å²) in [6, 6.07) is 13.0. The highest BCUT2D eigenvalue weighted by Crippen LogP contribution is 2.30. The van der Waals surface area contributed by atoms with Crippen molar-refractivity contribution >= 4 is 27.5 Å². The minimum Gasteiger partial charge on any atom is -0.204 e. The van der Waals surface area contributed by atoms with Crippen molar-refractivity contribution in [2.75, 3.05) is 0 Å². The second-order valence-corrected chi connectivity index (χ2v) is 4.38. The zero-order chi connectivity index (χ0) is 10.8. The van der Waals surface area contributed by atoms with Crippen LogP contribution in [0.2, 0.25) is 5.02 Å². The van der Waals surface area contributed by atoms with Gasteiger partial charge in [-0.15, -0.1) is 0 Å². The molecule has 76 valence electrons. The van der Waals surface area contributed by atoms with E-state index in [1.165, 1.54) is 0 Å². The largest absolute Gasteiger partial charge is 0.204 e. The summed E-state index contributed by atoms with van der Waals surface area (Å²) in [5.41, 5.74) is 1.91. The molecule has 0 unspecified atom stereocenters. The first-order valence-corrected chi connectivity index (χ1v) is 5.55. The maximum atomic E-state index is 13.2. The van der Waals surface area contributed by atoms with Gasteiger partial charge >= 0.3 is 0 Å². The van der Waals surface area contributed by atoms with Crippen molar-refractivity contribution in [3.05, 3.63) is 57.8 Å². The van der Waals surface area contributed by atoms with E-state index < -0.39 is 5.82 Å². The van der Waals surface area contributed by atoms with Crippen molar-refractivity contribution in [3.63, 3.8) is 0 Å².